The highest BCUT2D eigenvalue weighted by atomic mass is 16.7. The largest absolute Gasteiger partial charge is 0.365 e. The topological polar surface area (TPSA) is 47.9 Å². The number of rotatable bonds is 0. The van der Waals surface area contributed by atoms with Gasteiger partial charge in [0.25, 0.3) is 0 Å². The maximum Gasteiger partial charge on any atom is 0.172 e. The molecule has 138 valence electrons. The fraction of sp³-hybridized carbons (Fsp3) is 0.905. The third kappa shape index (κ3) is 1.92. The van der Waals surface area contributed by atoms with Gasteiger partial charge < -0.3 is 19.3 Å². The number of hydrogen-bond acceptors (Lipinski definition) is 4. The van der Waals surface area contributed by atoms with E-state index < -0.39 is 5.79 Å². The normalized spacial score (nSPS) is 50.5. The molecule has 0 radical (unpaired) electrons. The Hall–Kier alpha value is -0.420. The first kappa shape index (κ1) is 15.6. The molecule has 4 fully saturated rings. The molecule has 0 aromatic carbocycles. The molecule has 2 aliphatic heterocycles. The van der Waals surface area contributed by atoms with E-state index in [1.54, 1.807) is 11.1 Å². The minimum Gasteiger partial charge on any atom is -0.365 e. The van der Waals surface area contributed by atoms with E-state index >= 15 is 0 Å². The van der Waals surface area contributed by atoms with E-state index in [1.165, 1.54) is 19.3 Å². The molecule has 2 saturated heterocycles. The Morgan fingerprint density at radius 2 is 1.72 bits per heavy atom. The molecule has 2 saturated carbocycles. The Balaban J connectivity index is 1.31. The molecule has 3 unspecified atom stereocenters. The maximum atomic E-state index is 11.1. The van der Waals surface area contributed by atoms with E-state index in [0.29, 0.717) is 5.92 Å². The summed E-state index contributed by atoms with van der Waals surface area (Å²) in [6.07, 6.45) is 11.2. The van der Waals surface area contributed by atoms with Crippen LogP contribution in [0.25, 0.3) is 0 Å². The SMILES string of the molecule is O[C@]12CCC3C4CCC5=C(CCC6(C5)OCCO6)C4CC[C@@]31CCO2. The van der Waals surface area contributed by atoms with Crippen LogP contribution in [-0.4, -0.2) is 36.5 Å². The van der Waals surface area contributed by atoms with Crippen LogP contribution in [0.15, 0.2) is 11.1 Å². The summed E-state index contributed by atoms with van der Waals surface area (Å²) in [6.45, 7) is 2.28. The molecule has 1 N–H and O–H groups in total. The van der Waals surface area contributed by atoms with E-state index in [0.717, 1.165) is 76.6 Å². The Kier molecular flexibility index (Phi) is 3.18. The van der Waals surface area contributed by atoms with Crippen molar-refractivity contribution in [2.45, 2.75) is 75.8 Å². The molecule has 6 aliphatic rings. The van der Waals surface area contributed by atoms with Crippen LogP contribution >= 0.6 is 0 Å². The molecule has 0 bridgehead atoms. The van der Waals surface area contributed by atoms with E-state index in [1.807, 2.05) is 0 Å². The van der Waals surface area contributed by atoms with E-state index in [2.05, 4.69) is 0 Å². The van der Waals surface area contributed by atoms with Crippen molar-refractivity contribution in [2.75, 3.05) is 19.8 Å². The Bertz CT molecular complexity index is 621. The van der Waals surface area contributed by atoms with Gasteiger partial charge in [-0.2, -0.15) is 0 Å². The van der Waals surface area contributed by atoms with E-state index in [4.69, 9.17) is 14.2 Å². The van der Waals surface area contributed by atoms with Crippen molar-refractivity contribution in [1.82, 2.24) is 0 Å². The van der Waals surface area contributed by atoms with Gasteiger partial charge in [0.1, 0.15) is 0 Å². The summed E-state index contributed by atoms with van der Waals surface area (Å²) in [5, 5.41) is 11.1. The van der Waals surface area contributed by atoms with Crippen molar-refractivity contribution in [3.05, 3.63) is 11.1 Å². The molecule has 5 atom stereocenters. The molecular weight excluding hydrogens is 316 g/mol. The van der Waals surface area contributed by atoms with Gasteiger partial charge in [0.2, 0.25) is 0 Å². The van der Waals surface area contributed by atoms with Gasteiger partial charge in [-0.05, 0) is 62.7 Å². The third-order valence-corrected chi connectivity index (χ3v) is 8.86. The Morgan fingerprint density at radius 3 is 2.60 bits per heavy atom. The summed E-state index contributed by atoms with van der Waals surface area (Å²) >= 11 is 0. The highest BCUT2D eigenvalue weighted by Gasteiger charge is 2.67. The van der Waals surface area contributed by atoms with Crippen molar-refractivity contribution < 1.29 is 19.3 Å². The molecule has 0 aromatic rings. The number of fused-ring (bicyclic) bond motifs is 3. The van der Waals surface area contributed by atoms with Crippen LogP contribution < -0.4 is 0 Å². The summed E-state index contributed by atoms with van der Waals surface area (Å²) in [7, 11) is 0. The number of aliphatic hydroxyl groups is 1. The van der Waals surface area contributed by atoms with Gasteiger partial charge >= 0.3 is 0 Å². The summed E-state index contributed by atoms with van der Waals surface area (Å²) in [5.41, 5.74) is 3.48. The average Bonchev–Trinajstić information content (AvgIpc) is 3.26. The van der Waals surface area contributed by atoms with Crippen molar-refractivity contribution in [2.24, 2.45) is 23.2 Å². The van der Waals surface area contributed by atoms with Crippen LogP contribution in [-0.2, 0) is 14.2 Å². The zero-order valence-corrected chi connectivity index (χ0v) is 15.1. The lowest BCUT2D eigenvalue weighted by atomic mass is 9.52. The lowest BCUT2D eigenvalue weighted by Gasteiger charge is -2.53. The molecule has 4 aliphatic carbocycles. The minimum absolute atomic E-state index is 0.0692. The molecular formula is C21H30O4. The molecule has 0 amide bonds. The molecule has 6 rings (SSSR count). The summed E-state index contributed by atoms with van der Waals surface area (Å²) in [4.78, 5) is 0. The predicted octanol–water partition coefficient (Wildman–Crippen LogP) is 3.54. The molecule has 0 aromatic heterocycles. The fourth-order valence-corrected chi connectivity index (χ4v) is 7.85. The van der Waals surface area contributed by atoms with Gasteiger partial charge in [-0.15, -0.1) is 0 Å². The first-order chi connectivity index (χ1) is 12.1. The van der Waals surface area contributed by atoms with Crippen LogP contribution in [0, 0.1) is 23.2 Å². The molecule has 2 heterocycles. The second-order valence-corrected chi connectivity index (χ2v) is 9.45. The van der Waals surface area contributed by atoms with E-state index in [-0.39, 0.29) is 11.2 Å². The molecule has 4 nitrogen and oxygen atoms in total. The van der Waals surface area contributed by atoms with Crippen LogP contribution in [0.3, 0.4) is 0 Å². The number of hydrogen-bond donors (Lipinski definition) is 1. The van der Waals surface area contributed by atoms with Gasteiger partial charge in [0.05, 0.1) is 19.8 Å². The summed E-state index contributed by atoms with van der Waals surface area (Å²) in [5.74, 6) is 1.10. The second-order valence-electron chi connectivity index (χ2n) is 9.45. The van der Waals surface area contributed by atoms with Crippen molar-refractivity contribution in [3.8, 4) is 0 Å². The lowest BCUT2D eigenvalue weighted by Crippen LogP contribution is -2.51. The second kappa shape index (κ2) is 5.09. The Morgan fingerprint density at radius 1 is 0.840 bits per heavy atom. The zero-order chi connectivity index (χ0) is 16.7. The highest BCUT2D eigenvalue weighted by molar-refractivity contribution is 5.29. The quantitative estimate of drug-likeness (QED) is 0.682. The smallest absolute Gasteiger partial charge is 0.172 e. The van der Waals surface area contributed by atoms with Gasteiger partial charge in [-0.3, -0.25) is 0 Å². The first-order valence-electron chi connectivity index (χ1n) is 10.5. The third-order valence-electron chi connectivity index (χ3n) is 8.86. The minimum atomic E-state index is -0.806. The maximum absolute atomic E-state index is 11.1. The summed E-state index contributed by atoms with van der Waals surface area (Å²) in [6, 6.07) is 0. The molecule has 2 spiro atoms. The van der Waals surface area contributed by atoms with Crippen molar-refractivity contribution in [1.29, 1.82) is 0 Å². The monoisotopic (exact) mass is 346 g/mol. The number of ether oxygens (including phenoxy) is 3. The van der Waals surface area contributed by atoms with Gasteiger partial charge in [-0.1, -0.05) is 11.1 Å². The van der Waals surface area contributed by atoms with Crippen molar-refractivity contribution in [3.63, 3.8) is 0 Å². The molecule has 25 heavy (non-hydrogen) atoms. The van der Waals surface area contributed by atoms with Gasteiger partial charge in [0, 0.05) is 24.7 Å². The van der Waals surface area contributed by atoms with Crippen LogP contribution in [0.4, 0.5) is 0 Å². The average molecular weight is 346 g/mol. The zero-order valence-electron chi connectivity index (χ0n) is 15.1. The number of allylic oxidation sites excluding steroid dienone is 1. The standard InChI is InChI=1S/C21H30O4/c22-21-8-5-18-17-2-1-14-13-20(23-11-12-24-20)7-4-15(14)16(17)3-6-19(18,21)9-10-25-21/h16-18,22H,1-13H2/t16?,17?,18?,19-,21+/m1/s1. The Labute approximate surface area is 149 Å². The summed E-state index contributed by atoms with van der Waals surface area (Å²) < 4.78 is 17.9. The van der Waals surface area contributed by atoms with Gasteiger partial charge in [-0.25, -0.2) is 0 Å². The van der Waals surface area contributed by atoms with Crippen LogP contribution in [0.1, 0.15) is 64.2 Å². The van der Waals surface area contributed by atoms with Crippen LogP contribution in [0.5, 0.6) is 0 Å². The lowest BCUT2D eigenvalue weighted by molar-refractivity contribution is -0.229. The molecule has 4 heteroatoms. The van der Waals surface area contributed by atoms with Crippen molar-refractivity contribution >= 4 is 0 Å². The predicted molar refractivity (Wildman–Crippen MR) is 91.6 cm³/mol. The van der Waals surface area contributed by atoms with E-state index in [9.17, 15) is 5.11 Å². The van der Waals surface area contributed by atoms with Gasteiger partial charge in [0.15, 0.2) is 11.6 Å². The first-order valence-corrected chi connectivity index (χ1v) is 10.5. The fourth-order valence-electron chi connectivity index (χ4n) is 7.85. The highest BCUT2D eigenvalue weighted by Crippen LogP contribution is 2.68. The van der Waals surface area contributed by atoms with Crippen LogP contribution in [0.2, 0.25) is 0 Å².